The van der Waals surface area contributed by atoms with Crippen LogP contribution in [0.2, 0.25) is 0 Å². The SMILES string of the molecule is COC(=O)C1=CN(S(=O)(=O)C(F)(F)F)C2C(OC(=O)C23CCCCC3)N1S(=O)(=O)C(F)(F)F. The zero-order chi connectivity index (χ0) is 25.2. The van der Waals surface area contributed by atoms with E-state index < -0.39 is 75.0 Å². The van der Waals surface area contributed by atoms with Crippen LogP contribution in [0.15, 0.2) is 11.9 Å². The molecule has 1 spiro atoms. The van der Waals surface area contributed by atoms with Gasteiger partial charge in [0.25, 0.3) is 0 Å². The first-order valence-corrected chi connectivity index (χ1v) is 12.0. The number of alkyl halides is 6. The van der Waals surface area contributed by atoms with Crippen LogP contribution in [0.4, 0.5) is 26.3 Å². The summed E-state index contributed by atoms with van der Waals surface area (Å²) < 4.78 is 138. The molecule has 0 radical (unpaired) electrons. The molecule has 188 valence electrons. The minimum absolute atomic E-state index is 0.178. The van der Waals surface area contributed by atoms with E-state index >= 15 is 0 Å². The Morgan fingerprint density at radius 1 is 1.03 bits per heavy atom. The van der Waals surface area contributed by atoms with Crippen LogP contribution in [0, 0.1) is 5.41 Å². The van der Waals surface area contributed by atoms with Crippen LogP contribution in [0.25, 0.3) is 0 Å². The maximum atomic E-state index is 13.4. The van der Waals surface area contributed by atoms with Crippen molar-refractivity contribution in [3.8, 4) is 0 Å². The second-order valence-corrected chi connectivity index (χ2v) is 11.1. The Kier molecular flexibility index (Phi) is 5.88. The summed E-state index contributed by atoms with van der Waals surface area (Å²) in [6, 6.07) is -2.36. The van der Waals surface area contributed by atoms with Crippen molar-refractivity contribution in [2.45, 2.75) is 55.4 Å². The molecule has 1 saturated carbocycles. The van der Waals surface area contributed by atoms with Gasteiger partial charge in [0.15, 0.2) is 5.70 Å². The molecule has 2 unspecified atom stereocenters. The Balaban J connectivity index is 2.38. The van der Waals surface area contributed by atoms with E-state index in [2.05, 4.69) is 4.74 Å². The van der Waals surface area contributed by atoms with Crippen molar-refractivity contribution in [2.24, 2.45) is 5.41 Å². The largest absolute Gasteiger partial charge is 0.516 e. The molecule has 1 saturated heterocycles. The molecular weight excluding hydrogens is 514 g/mol. The number of rotatable bonds is 3. The molecule has 2 aliphatic heterocycles. The monoisotopic (exact) mass is 530 g/mol. The van der Waals surface area contributed by atoms with Crippen LogP contribution in [0.3, 0.4) is 0 Å². The smallest absolute Gasteiger partial charge is 0.464 e. The summed E-state index contributed by atoms with van der Waals surface area (Å²) in [5, 5.41) is 0. The lowest BCUT2D eigenvalue weighted by Gasteiger charge is -2.46. The van der Waals surface area contributed by atoms with E-state index in [-0.39, 0.29) is 31.9 Å². The fraction of sp³-hybridized carbons (Fsp3) is 0.733. The number of carbonyl (C=O) groups excluding carboxylic acids is 2. The summed E-state index contributed by atoms with van der Waals surface area (Å²) in [6.07, 6.45) is -2.67. The number of methoxy groups -OCH3 is 1. The first-order chi connectivity index (χ1) is 14.9. The Morgan fingerprint density at radius 3 is 2.00 bits per heavy atom. The van der Waals surface area contributed by atoms with Crippen molar-refractivity contribution in [3.05, 3.63) is 11.9 Å². The molecular formula is C15H16F6N2O8S2. The van der Waals surface area contributed by atoms with Gasteiger partial charge in [-0.15, -0.1) is 0 Å². The molecule has 3 rings (SSSR count). The molecule has 18 heteroatoms. The number of carbonyl (C=O) groups is 2. The van der Waals surface area contributed by atoms with Crippen molar-refractivity contribution in [2.75, 3.05) is 7.11 Å². The van der Waals surface area contributed by atoms with Crippen LogP contribution in [0.1, 0.15) is 32.1 Å². The lowest BCUT2D eigenvalue weighted by Crippen LogP contribution is -2.63. The van der Waals surface area contributed by atoms with E-state index in [1.165, 1.54) is 0 Å². The Bertz CT molecular complexity index is 1090. The van der Waals surface area contributed by atoms with E-state index in [1.54, 1.807) is 0 Å². The van der Waals surface area contributed by atoms with E-state index in [0.717, 1.165) is 0 Å². The van der Waals surface area contributed by atoms with Crippen molar-refractivity contribution < 1.29 is 62.2 Å². The van der Waals surface area contributed by atoms with Gasteiger partial charge in [0.2, 0.25) is 6.23 Å². The standard InChI is InChI=1S/C15H16F6N2O8S2/c1-30-11(24)8-7-22(32(26,27)14(16,17)18)9-10(23(8)33(28,29)15(19,20)21)31-12(25)13(9)5-3-2-4-6-13/h7,9-10H,2-6H2,1H3. The van der Waals surface area contributed by atoms with Gasteiger partial charge in [0.1, 0.15) is 6.04 Å². The molecule has 0 bridgehead atoms. The molecule has 10 nitrogen and oxygen atoms in total. The number of nitrogens with zero attached hydrogens (tertiary/aromatic N) is 2. The highest BCUT2D eigenvalue weighted by molar-refractivity contribution is 7.90. The molecule has 3 aliphatic rings. The molecule has 2 heterocycles. The summed E-state index contributed by atoms with van der Waals surface area (Å²) in [5.41, 5.74) is -15.9. The molecule has 2 fully saturated rings. The van der Waals surface area contributed by atoms with Gasteiger partial charge in [-0.25, -0.2) is 9.10 Å². The number of sulfonamides is 2. The van der Waals surface area contributed by atoms with Crippen molar-refractivity contribution in [1.82, 2.24) is 8.61 Å². The lowest BCUT2D eigenvalue weighted by atomic mass is 9.69. The molecule has 0 aromatic heterocycles. The minimum atomic E-state index is -6.56. The van der Waals surface area contributed by atoms with Crippen molar-refractivity contribution in [1.29, 1.82) is 0 Å². The van der Waals surface area contributed by atoms with Crippen molar-refractivity contribution in [3.63, 3.8) is 0 Å². The zero-order valence-corrected chi connectivity index (χ0v) is 18.1. The molecule has 1 aliphatic carbocycles. The van der Waals surface area contributed by atoms with Gasteiger partial charge in [-0.3, -0.25) is 9.10 Å². The molecule has 0 aromatic carbocycles. The summed E-state index contributed by atoms with van der Waals surface area (Å²) in [5.74, 6) is -3.29. The van der Waals surface area contributed by atoms with E-state index in [1.807, 2.05) is 0 Å². The summed E-state index contributed by atoms with van der Waals surface area (Å²) >= 11 is 0. The Labute approximate surface area is 183 Å². The molecule has 0 amide bonds. The average Bonchev–Trinajstić information content (AvgIpc) is 2.96. The Hall–Kier alpha value is -2.24. The summed E-state index contributed by atoms with van der Waals surface area (Å²) in [4.78, 5) is 24.8. The third-order valence-electron chi connectivity index (χ3n) is 5.72. The van der Waals surface area contributed by atoms with Crippen LogP contribution in [-0.2, 0) is 39.1 Å². The van der Waals surface area contributed by atoms with Crippen LogP contribution in [0.5, 0.6) is 0 Å². The quantitative estimate of drug-likeness (QED) is 0.397. The molecule has 0 aromatic rings. The fourth-order valence-corrected chi connectivity index (χ4v) is 6.39. The lowest BCUT2D eigenvalue weighted by molar-refractivity contribution is -0.154. The number of halogens is 6. The van der Waals surface area contributed by atoms with Crippen LogP contribution < -0.4 is 0 Å². The fourth-order valence-electron chi connectivity index (χ4n) is 4.27. The predicted octanol–water partition coefficient (Wildman–Crippen LogP) is 1.52. The molecule has 33 heavy (non-hydrogen) atoms. The van der Waals surface area contributed by atoms with Crippen molar-refractivity contribution >= 4 is 32.0 Å². The highest BCUT2D eigenvalue weighted by Gasteiger charge is 2.70. The minimum Gasteiger partial charge on any atom is -0.464 e. The molecule has 2 atom stereocenters. The third-order valence-corrected chi connectivity index (χ3v) is 8.70. The van der Waals surface area contributed by atoms with E-state index in [4.69, 9.17) is 4.74 Å². The number of ether oxygens (including phenoxy) is 2. The summed E-state index contributed by atoms with van der Waals surface area (Å²) in [7, 11) is -12.4. The van der Waals surface area contributed by atoms with Crippen LogP contribution in [-0.4, -0.2) is 67.8 Å². The topological polar surface area (TPSA) is 127 Å². The maximum Gasteiger partial charge on any atom is 0.516 e. The first-order valence-electron chi connectivity index (χ1n) is 9.15. The van der Waals surface area contributed by atoms with Gasteiger partial charge in [0.05, 0.1) is 12.5 Å². The normalized spacial score (nSPS) is 26.0. The van der Waals surface area contributed by atoms with E-state index in [0.29, 0.717) is 13.5 Å². The van der Waals surface area contributed by atoms with Gasteiger partial charge in [0, 0.05) is 6.20 Å². The Morgan fingerprint density at radius 2 is 1.55 bits per heavy atom. The highest BCUT2D eigenvalue weighted by Crippen LogP contribution is 2.54. The predicted molar refractivity (Wildman–Crippen MR) is 92.9 cm³/mol. The van der Waals surface area contributed by atoms with Gasteiger partial charge in [-0.1, -0.05) is 19.3 Å². The first kappa shape index (κ1) is 25.4. The number of esters is 2. The van der Waals surface area contributed by atoms with Gasteiger partial charge in [-0.05, 0) is 12.8 Å². The number of hydrogen-bond donors (Lipinski definition) is 0. The van der Waals surface area contributed by atoms with Gasteiger partial charge >= 0.3 is 43.0 Å². The highest BCUT2D eigenvalue weighted by atomic mass is 32.2. The van der Waals surface area contributed by atoms with Gasteiger partial charge < -0.3 is 9.47 Å². The van der Waals surface area contributed by atoms with E-state index in [9.17, 15) is 52.8 Å². The average molecular weight is 530 g/mol. The second kappa shape index (κ2) is 7.64. The zero-order valence-electron chi connectivity index (χ0n) is 16.5. The summed E-state index contributed by atoms with van der Waals surface area (Å²) in [6.45, 7) is 0. The second-order valence-electron chi connectivity index (χ2n) is 7.49. The molecule has 0 N–H and O–H groups in total. The van der Waals surface area contributed by atoms with Gasteiger partial charge in [-0.2, -0.15) is 43.2 Å². The number of fused-ring (bicyclic) bond motifs is 2. The third kappa shape index (κ3) is 3.60. The van der Waals surface area contributed by atoms with Crippen LogP contribution >= 0.6 is 0 Å². The maximum absolute atomic E-state index is 13.4. The number of hydrogen-bond acceptors (Lipinski definition) is 8.